The first kappa shape index (κ1) is 39.5. The van der Waals surface area contributed by atoms with E-state index in [-0.39, 0.29) is 26.0 Å². The lowest BCUT2D eigenvalue weighted by atomic mass is 9.77. The van der Waals surface area contributed by atoms with E-state index in [1.54, 1.807) is 0 Å². The minimum absolute atomic E-state index is 0.192. The molecule has 3 aromatic carbocycles. The molecule has 0 fully saturated rings. The fraction of sp³-hybridized carbons (Fsp3) is 0.417. The van der Waals surface area contributed by atoms with Crippen molar-refractivity contribution in [3.8, 4) is 0 Å². The van der Waals surface area contributed by atoms with Gasteiger partial charge in [0.1, 0.15) is 0 Å². The summed E-state index contributed by atoms with van der Waals surface area (Å²) in [6.07, 6.45) is -1.91. The minimum atomic E-state index is -3.93. The summed E-state index contributed by atoms with van der Waals surface area (Å²) in [7, 11) is -3.93. The molecular weight excluding hydrogens is 651 g/mol. The van der Waals surface area contributed by atoms with Crippen LogP contribution in [0.2, 0.25) is 0 Å². The number of benzene rings is 3. The van der Waals surface area contributed by atoms with Gasteiger partial charge in [-0.15, -0.1) is 0 Å². The van der Waals surface area contributed by atoms with Crippen molar-refractivity contribution in [3.05, 3.63) is 108 Å². The fourth-order valence-electron chi connectivity index (χ4n) is 5.38. The molecule has 13 heteroatoms. The molecule has 3 aromatic rings. The molecule has 2 atom stereocenters. The SMILES string of the molecule is O=C(O)CCC(CP(=O)(O)CCC(=O)NCCOCCOCCOCCNC(c1ccccc1)(c1ccccc1)c1ccccc1)C(=O)O. The van der Waals surface area contributed by atoms with Crippen molar-refractivity contribution in [1.29, 1.82) is 0 Å². The first-order valence-corrected chi connectivity index (χ1v) is 18.3. The third-order valence-electron chi connectivity index (χ3n) is 7.82. The van der Waals surface area contributed by atoms with Gasteiger partial charge in [-0.1, -0.05) is 91.0 Å². The molecule has 0 aliphatic carbocycles. The van der Waals surface area contributed by atoms with E-state index in [1.165, 1.54) is 0 Å². The van der Waals surface area contributed by atoms with Gasteiger partial charge >= 0.3 is 11.9 Å². The Morgan fingerprint density at radius 1 is 0.673 bits per heavy atom. The van der Waals surface area contributed by atoms with Crippen molar-refractivity contribution in [2.45, 2.75) is 24.8 Å². The number of hydrogen-bond donors (Lipinski definition) is 5. The van der Waals surface area contributed by atoms with E-state index in [9.17, 15) is 28.9 Å². The standard InChI is InChI=1S/C36H47N2O10P/c39-33(18-27-49(44,45)28-29(35(42)43)16-17-34(40)41)37-19-21-46-23-25-48-26-24-47-22-20-38-36(30-10-4-1-5-11-30,31-12-6-2-7-13-31)32-14-8-3-9-15-32/h1-15,29,38H,16-28H2,(H,37,39)(H,40,41)(H,42,43)(H,44,45). The third kappa shape index (κ3) is 13.9. The van der Waals surface area contributed by atoms with Crippen LogP contribution in [0.4, 0.5) is 0 Å². The number of carboxylic acids is 2. The number of aliphatic carboxylic acids is 2. The van der Waals surface area contributed by atoms with Crippen molar-refractivity contribution >= 4 is 25.2 Å². The largest absolute Gasteiger partial charge is 0.481 e. The number of amides is 1. The highest BCUT2D eigenvalue weighted by Crippen LogP contribution is 2.44. The van der Waals surface area contributed by atoms with Crippen LogP contribution in [-0.2, 0) is 38.7 Å². The molecule has 12 nitrogen and oxygen atoms in total. The molecule has 3 rings (SSSR count). The maximum absolute atomic E-state index is 12.4. The molecule has 1 amide bonds. The van der Waals surface area contributed by atoms with Crippen LogP contribution >= 0.6 is 7.37 Å². The smallest absolute Gasteiger partial charge is 0.307 e. The Morgan fingerprint density at radius 3 is 1.57 bits per heavy atom. The molecule has 0 heterocycles. The van der Waals surface area contributed by atoms with Gasteiger partial charge in [-0.25, -0.2) is 0 Å². The normalized spacial score (nSPS) is 13.3. The zero-order valence-corrected chi connectivity index (χ0v) is 28.5. The second-order valence-corrected chi connectivity index (χ2v) is 13.9. The van der Waals surface area contributed by atoms with Crippen molar-refractivity contribution in [2.75, 3.05) is 65.1 Å². The van der Waals surface area contributed by atoms with Crippen LogP contribution in [0, 0.1) is 5.92 Å². The van der Waals surface area contributed by atoms with Crippen LogP contribution in [0.5, 0.6) is 0 Å². The highest BCUT2D eigenvalue weighted by atomic mass is 31.2. The Hall–Kier alpha value is -3.90. The number of carbonyl (C=O) groups excluding carboxylic acids is 1. The van der Waals surface area contributed by atoms with E-state index in [2.05, 4.69) is 47.0 Å². The molecule has 0 aliphatic heterocycles. The van der Waals surface area contributed by atoms with Crippen molar-refractivity contribution in [3.63, 3.8) is 0 Å². The summed E-state index contributed by atoms with van der Waals surface area (Å²) < 4.78 is 29.2. The highest BCUT2D eigenvalue weighted by Gasteiger charge is 2.35. The zero-order valence-electron chi connectivity index (χ0n) is 27.6. The van der Waals surface area contributed by atoms with Crippen LogP contribution in [0.3, 0.4) is 0 Å². The monoisotopic (exact) mass is 698 g/mol. The van der Waals surface area contributed by atoms with E-state index in [0.717, 1.165) is 16.7 Å². The van der Waals surface area contributed by atoms with Gasteiger partial charge in [0.05, 0.1) is 51.1 Å². The van der Waals surface area contributed by atoms with Crippen molar-refractivity contribution in [2.24, 2.45) is 5.92 Å². The average Bonchev–Trinajstić information content (AvgIpc) is 3.10. The Kier molecular flexibility index (Phi) is 17.1. The number of rotatable bonds is 25. The van der Waals surface area contributed by atoms with Gasteiger partial charge in [-0.05, 0) is 23.1 Å². The molecule has 0 aliphatic rings. The van der Waals surface area contributed by atoms with Crippen LogP contribution in [0.15, 0.2) is 91.0 Å². The predicted octanol–water partition coefficient (Wildman–Crippen LogP) is 3.96. The van der Waals surface area contributed by atoms with Gasteiger partial charge in [0.25, 0.3) is 0 Å². The lowest BCUT2D eigenvalue weighted by Crippen LogP contribution is -2.46. The van der Waals surface area contributed by atoms with Crippen molar-refractivity contribution in [1.82, 2.24) is 10.6 Å². The van der Waals surface area contributed by atoms with Gasteiger partial charge < -0.3 is 34.6 Å². The predicted molar refractivity (Wildman–Crippen MR) is 185 cm³/mol. The molecular formula is C36H47N2O10P. The Balaban J connectivity index is 1.28. The van der Waals surface area contributed by atoms with Crippen LogP contribution < -0.4 is 10.6 Å². The minimum Gasteiger partial charge on any atom is -0.481 e. The summed E-state index contributed by atoms with van der Waals surface area (Å²) in [5.41, 5.74) is 2.83. The van der Waals surface area contributed by atoms with E-state index in [1.807, 2.05) is 54.6 Å². The van der Waals surface area contributed by atoms with Gasteiger partial charge in [-0.3, -0.25) is 24.3 Å². The van der Waals surface area contributed by atoms with E-state index >= 15 is 0 Å². The topological polar surface area (TPSA) is 181 Å². The van der Waals surface area contributed by atoms with E-state index in [4.69, 9.17) is 19.3 Å². The summed E-state index contributed by atoms with van der Waals surface area (Å²) in [4.78, 5) is 44.1. The second kappa shape index (κ2) is 21.2. The molecule has 5 N–H and O–H groups in total. The summed E-state index contributed by atoms with van der Waals surface area (Å²) in [6.45, 7) is 2.94. The fourth-order valence-corrected chi connectivity index (χ4v) is 7.14. The highest BCUT2D eigenvalue weighted by molar-refractivity contribution is 7.58. The molecule has 0 bridgehead atoms. The number of ether oxygens (including phenoxy) is 3. The number of carboxylic acid groups (broad SMARTS) is 2. The summed E-state index contributed by atoms with van der Waals surface area (Å²) in [5.74, 6) is -4.25. The van der Waals surface area contributed by atoms with Crippen LogP contribution in [0.25, 0.3) is 0 Å². The maximum Gasteiger partial charge on any atom is 0.307 e. The lowest BCUT2D eigenvalue weighted by molar-refractivity contribution is -0.142. The lowest BCUT2D eigenvalue weighted by Gasteiger charge is -2.37. The molecule has 0 aromatic heterocycles. The second-order valence-electron chi connectivity index (χ2n) is 11.4. The van der Waals surface area contributed by atoms with E-state index in [0.29, 0.717) is 39.6 Å². The molecule has 0 radical (unpaired) electrons. The average molecular weight is 699 g/mol. The van der Waals surface area contributed by atoms with Crippen molar-refractivity contribution < 1.29 is 48.3 Å². The Bertz CT molecular complexity index is 1360. The van der Waals surface area contributed by atoms with Gasteiger partial charge in [0.2, 0.25) is 13.3 Å². The Labute approximate surface area is 287 Å². The molecule has 0 spiro atoms. The first-order valence-electron chi connectivity index (χ1n) is 16.3. The number of nitrogens with one attached hydrogen (secondary N) is 2. The van der Waals surface area contributed by atoms with Gasteiger partial charge in [0.15, 0.2) is 0 Å². The Morgan fingerprint density at radius 2 is 1.12 bits per heavy atom. The molecule has 2 unspecified atom stereocenters. The van der Waals surface area contributed by atoms with E-state index < -0.39 is 55.4 Å². The summed E-state index contributed by atoms with van der Waals surface area (Å²) in [6, 6.07) is 31.1. The number of hydrogen-bond acceptors (Lipinski definition) is 8. The number of carbonyl (C=O) groups is 3. The van der Waals surface area contributed by atoms with Gasteiger partial charge in [-0.2, -0.15) is 0 Å². The summed E-state index contributed by atoms with van der Waals surface area (Å²) in [5, 5.41) is 24.3. The quantitative estimate of drug-likeness (QED) is 0.0491. The van der Waals surface area contributed by atoms with Crippen LogP contribution in [-0.4, -0.2) is 98.0 Å². The zero-order chi connectivity index (χ0) is 35.4. The maximum atomic E-state index is 12.4. The summed E-state index contributed by atoms with van der Waals surface area (Å²) >= 11 is 0. The molecule has 266 valence electrons. The molecule has 0 saturated carbocycles. The third-order valence-corrected chi connectivity index (χ3v) is 9.75. The molecule has 0 saturated heterocycles. The molecule has 49 heavy (non-hydrogen) atoms. The first-order chi connectivity index (χ1) is 23.6. The van der Waals surface area contributed by atoms with Crippen LogP contribution in [0.1, 0.15) is 36.0 Å². The van der Waals surface area contributed by atoms with Gasteiger partial charge in [0, 0.05) is 38.3 Å².